The van der Waals surface area contributed by atoms with Gasteiger partial charge in [0.1, 0.15) is 11.6 Å². The van der Waals surface area contributed by atoms with Crippen LogP contribution in [0.15, 0.2) is 41.0 Å². The topological polar surface area (TPSA) is 33.5 Å². The standard InChI is InChI=1S/C14H14FNO2/c1-10(17)14-12(15)6-3-7-13(14)16(2)9-11-5-4-8-18-11/h3-8H,9H2,1-2H3. The predicted molar refractivity (Wildman–Crippen MR) is 67.2 cm³/mol. The van der Waals surface area contributed by atoms with E-state index >= 15 is 0 Å². The highest BCUT2D eigenvalue weighted by molar-refractivity contribution is 5.99. The molecule has 3 nitrogen and oxygen atoms in total. The van der Waals surface area contributed by atoms with Crippen LogP contribution in [-0.4, -0.2) is 12.8 Å². The van der Waals surface area contributed by atoms with E-state index in [2.05, 4.69) is 0 Å². The summed E-state index contributed by atoms with van der Waals surface area (Å²) in [6.45, 7) is 1.85. The van der Waals surface area contributed by atoms with Crippen LogP contribution in [0.5, 0.6) is 0 Å². The third-order valence-corrected chi connectivity index (χ3v) is 2.73. The van der Waals surface area contributed by atoms with Gasteiger partial charge in [0.05, 0.1) is 24.1 Å². The summed E-state index contributed by atoms with van der Waals surface area (Å²) >= 11 is 0. The second-order valence-electron chi connectivity index (χ2n) is 4.13. The van der Waals surface area contributed by atoms with Gasteiger partial charge in [-0.05, 0) is 31.2 Å². The Morgan fingerprint density at radius 1 is 1.33 bits per heavy atom. The minimum atomic E-state index is -0.494. The quantitative estimate of drug-likeness (QED) is 0.777. The molecule has 1 aromatic heterocycles. The lowest BCUT2D eigenvalue weighted by Gasteiger charge is -2.20. The molecular weight excluding hydrogens is 233 g/mol. The molecular formula is C14H14FNO2. The number of carbonyl (C=O) groups is 1. The molecule has 0 aliphatic carbocycles. The summed E-state index contributed by atoms with van der Waals surface area (Å²) < 4.78 is 18.9. The Balaban J connectivity index is 2.32. The van der Waals surface area contributed by atoms with Gasteiger partial charge in [0.2, 0.25) is 0 Å². The average molecular weight is 247 g/mol. The number of hydrogen-bond acceptors (Lipinski definition) is 3. The second-order valence-corrected chi connectivity index (χ2v) is 4.13. The van der Waals surface area contributed by atoms with E-state index in [-0.39, 0.29) is 11.3 Å². The van der Waals surface area contributed by atoms with Gasteiger partial charge in [-0.1, -0.05) is 6.07 Å². The van der Waals surface area contributed by atoms with Gasteiger partial charge < -0.3 is 9.32 Å². The number of ketones is 1. The maximum Gasteiger partial charge on any atom is 0.164 e. The van der Waals surface area contributed by atoms with Crippen molar-refractivity contribution >= 4 is 11.5 Å². The van der Waals surface area contributed by atoms with Gasteiger partial charge in [-0.15, -0.1) is 0 Å². The van der Waals surface area contributed by atoms with E-state index in [1.54, 1.807) is 36.4 Å². The van der Waals surface area contributed by atoms with Crippen molar-refractivity contribution in [3.05, 3.63) is 53.7 Å². The van der Waals surface area contributed by atoms with Gasteiger partial charge >= 0.3 is 0 Å². The predicted octanol–water partition coefficient (Wildman–Crippen LogP) is 3.26. The molecule has 0 atom stereocenters. The number of furan rings is 1. The highest BCUT2D eigenvalue weighted by atomic mass is 19.1. The molecule has 4 heteroatoms. The Morgan fingerprint density at radius 3 is 2.72 bits per heavy atom. The van der Waals surface area contributed by atoms with Crippen molar-refractivity contribution in [2.75, 3.05) is 11.9 Å². The Hall–Kier alpha value is -2.10. The SMILES string of the molecule is CC(=O)c1c(F)cccc1N(C)Cc1ccco1. The Bertz CT molecular complexity index is 549. The zero-order valence-corrected chi connectivity index (χ0v) is 10.3. The molecule has 0 aliphatic rings. The molecule has 0 saturated carbocycles. The van der Waals surface area contributed by atoms with E-state index < -0.39 is 5.82 Å². The summed E-state index contributed by atoms with van der Waals surface area (Å²) in [7, 11) is 1.80. The van der Waals surface area contributed by atoms with Gasteiger partial charge in [-0.2, -0.15) is 0 Å². The third kappa shape index (κ3) is 2.42. The van der Waals surface area contributed by atoms with Crippen LogP contribution in [0.1, 0.15) is 23.0 Å². The number of rotatable bonds is 4. The lowest BCUT2D eigenvalue weighted by atomic mass is 10.1. The van der Waals surface area contributed by atoms with Crippen molar-refractivity contribution in [1.29, 1.82) is 0 Å². The summed E-state index contributed by atoms with van der Waals surface area (Å²) in [6, 6.07) is 8.24. The Morgan fingerprint density at radius 2 is 2.11 bits per heavy atom. The molecule has 18 heavy (non-hydrogen) atoms. The zero-order valence-electron chi connectivity index (χ0n) is 10.3. The summed E-state index contributed by atoms with van der Waals surface area (Å²) in [4.78, 5) is 13.3. The van der Waals surface area contributed by atoms with E-state index in [9.17, 15) is 9.18 Å². The van der Waals surface area contributed by atoms with Crippen LogP contribution < -0.4 is 4.90 Å². The lowest BCUT2D eigenvalue weighted by molar-refractivity contribution is 0.101. The number of nitrogens with zero attached hydrogens (tertiary/aromatic N) is 1. The second kappa shape index (κ2) is 5.04. The van der Waals surface area contributed by atoms with Gasteiger partial charge in [0.25, 0.3) is 0 Å². The summed E-state index contributed by atoms with van der Waals surface area (Å²) in [5.74, 6) is -0.0167. The van der Waals surface area contributed by atoms with Crippen molar-refractivity contribution in [3.63, 3.8) is 0 Å². The van der Waals surface area contributed by atoms with E-state index in [4.69, 9.17) is 4.42 Å². The van der Waals surface area contributed by atoms with Crippen LogP contribution in [0.25, 0.3) is 0 Å². The first-order chi connectivity index (χ1) is 8.59. The normalized spacial score (nSPS) is 10.4. The molecule has 1 heterocycles. The zero-order chi connectivity index (χ0) is 13.1. The highest BCUT2D eigenvalue weighted by Gasteiger charge is 2.16. The number of halogens is 1. The minimum Gasteiger partial charge on any atom is -0.467 e. The van der Waals surface area contributed by atoms with E-state index in [0.717, 1.165) is 5.76 Å². The first-order valence-corrected chi connectivity index (χ1v) is 5.62. The Kier molecular flexibility index (Phi) is 3.46. The fourth-order valence-corrected chi connectivity index (χ4v) is 1.90. The van der Waals surface area contributed by atoms with Gasteiger partial charge in [0.15, 0.2) is 5.78 Å². The van der Waals surface area contributed by atoms with Crippen molar-refractivity contribution in [2.45, 2.75) is 13.5 Å². The number of anilines is 1. The molecule has 0 amide bonds. The number of benzene rings is 1. The number of hydrogen-bond donors (Lipinski definition) is 0. The molecule has 0 N–H and O–H groups in total. The van der Waals surface area contributed by atoms with E-state index in [1.165, 1.54) is 13.0 Å². The molecule has 1 aromatic carbocycles. The number of Topliss-reactive ketones (excluding diaryl/α,β-unsaturated/α-hetero) is 1. The fourth-order valence-electron chi connectivity index (χ4n) is 1.90. The van der Waals surface area contributed by atoms with E-state index in [1.807, 2.05) is 6.07 Å². The third-order valence-electron chi connectivity index (χ3n) is 2.73. The molecule has 0 unspecified atom stereocenters. The van der Waals surface area contributed by atoms with Crippen LogP contribution in [-0.2, 0) is 6.54 Å². The summed E-state index contributed by atoms with van der Waals surface area (Å²) in [5.41, 5.74) is 0.686. The Labute approximate surface area is 105 Å². The molecule has 0 bridgehead atoms. The maximum atomic E-state index is 13.7. The summed E-state index contributed by atoms with van der Waals surface area (Å²) in [6.07, 6.45) is 1.58. The molecule has 0 spiro atoms. The van der Waals surface area contributed by atoms with Gasteiger partial charge in [0, 0.05) is 7.05 Å². The molecule has 0 aliphatic heterocycles. The largest absolute Gasteiger partial charge is 0.467 e. The van der Waals surface area contributed by atoms with Crippen LogP contribution in [0.2, 0.25) is 0 Å². The molecule has 0 fully saturated rings. The fraction of sp³-hybridized carbons (Fsp3) is 0.214. The molecule has 94 valence electrons. The monoisotopic (exact) mass is 247 g/mol. The minimum absolute atomic E-state index is 0.117. The highest BCUT2D eigenvalue weighted by Crippen LogP contribution is 2.24. The van der Waals surface area contributed by atoms with Crippen molar-refractivity contribution in [1.82, 2.24) is 0 Å². The average Bonchev–Trinajstić information content (AvgIpc) is 2.80. The lowest BCUT2D eigenvalue weighted by Crippen LogP contribution is -2.19. The van der Waals surface area contributed by atoms with Crippen LogP contribution in [0, 0.1) is 5.82 Å². The summed E-state index contributed by atoms with van der Waals surface area (Å²) in [5, 5.41) is 0. The molecule has 2 aromatic rings. The van der Waals surface area contributed by atoms with E-state index in [0.29, 0.717) is 12.2 Å². The number of carbonyl (C=O) groups excluding carboxylic acids is 1. The van der Waals surface area contributed by atoms with Crippen molar-refractivity contribution < 1.29 is 13.6 Å². The molecule has 0 saturated heterocycles. The van der Waals surface area contributed by atoms with Crippen LogP contribution in [0.3, 0.4) is 0 Å². The van der Waals surface area contributed by atoms with Crippen molar-refractivity contribution in [2.24, 2.45) is 0 Å². The molecule has 2 rings (SSSR count). The van der Waals surface area contributed by atoms with Crippen molar-refractivity contribution in [3.8, 4) is 0 Å². The van der Waals surface area contributed by atoms with Gasteiger partial charge in [-0.3, -0.25) is 4.79 Å². The maximum absolute atomic E-state index is 13.7. The molecule has 0 radical (unpaired) electrons. The smallest absolute Gasteiger partial charge is 0.164 e. The van der Waals surface area contributed by atoms with Crippen LogP contribution >= 0.6 is 0 Å². The first-order valence-electron chi connectivity index (χ1n) is 5.62. The van der Waals surface area contributed by atoms with Crippen LogP contribution in [0.4, 0.5) is 10.1 Å². The van der Waals surface area contributed by atoms with Gasteiger partial charge in [-0.25, -0.2) is 4.39 Å². The first kappa shape index (κ1) is 12.4.